The molecule has 0 aliphatic carbocycles. The van der Waals surface area contributed by atoms with Crippen LogP contribution in [0.2, 0.25) is 0 Å². The fourth-order valence-corrected chi connectivity index (χ4v) is 16.5. The van der Waals surface area contributed by atoms with Crippen LogP contribution in [0, 0.1) is 0 Å². The Morgan fingerprint density at radius 2 is 0.655 bits per heavy atom. The second kappa shape index (κ2) is 18.6. The molecule has 6 heteroatoms. The minimum absolute atomic E-state index is 0.191. The molecule has 84 heavy (non-hydrogen) atoms. The Morgan fingerprint density at radius 3 is 1.14 bits per heavy atom. The van der Waals surface area contributed by atoms with E-state index >= 15 is 0 Å². The zero-order valence-electron chi connectivity index (χ0n) is 45.4. The molecule has 13 aromatic carbocycles. The molecule has 0 atom stereocenters. The van der Waals surface area contributed by atoms with Crippen LogP contribution in [-0.2, 0) is 0 Å². The normalized spacial score (nSPS) is 12.7. The van der Waals surface area contributed by atoms with Crippen molar-refractivity contribution in [3.63, 3.8) is 0 Å². The number of rotatable bonds is 7. The van der Waals surface area contributed by atoms with E-state index in [1.165, 1.54) is 112 Å². The van der Waals surface area contributed by atoms with Gasteiger partial charge in [0.15, 0.2) is 0 Å². The van der Waals surface area contributed by atoms with Crippen LogP contribution in [0.25, 0.3) is 112 Å². The maximum Gasteiger partial charge on any atom is 0.252 e. The lowest BCUT2D eigenvalue weighted by atomic mass is 9.33. The molecule has 0 amide bonds. The lowest BCUT2D eigenvalue weighted by Crippen LogP contribution is -2.61. The number of hydrogen-bond donors (Lipinski definition) is 0. The third kappa shape index (κ3) is 7.05. The number of benzene rings is 13. The van der Waals surface area contributed by atoms with Gasteiger partial charge in [0.2, 0.25) is 0 Å². The number of anilines is 6. The van der Waals surface area contributed by atoms with Gasteiger partial charge in [-0.05, 0) is 123 Å². The smallest absolute Gasteiger partial charge is 0.252 e. The van der Waals surface area contributed by atoms with E-state index in [9.17, 15) is 0 Å². The minimum Gasteiger partial charge on any atom is -0.311 e. The Balaban J connectivity index is 1.00. The van der Waals surface area contributed by atoms with E-state index < -0.39 is 0 Å². The summed E-state index contributed by atoms with van der Waals surface area (Å²) in [4.78, 5) is 5.23. The van der Waals surface area contributed by atoms with E-state index in [-0.39, 0.29) is 6.71 Å². The second-order valence-corrected chi connectivity index (χ2v) is 24.4. The van der Waals surface area contributed by atoms with Gasteiger partial charge in [-0.15, -0.1) is 22.7 Å². The highest BCUT2D eigenvalue weighted by atomic mass is 32.1. The predicted molar refractivity (Wildman–Crippen MR) is 362 cm³/mol. The van der Waals surface area contributed by atoms with Crippen molar-refractivity contribution < 1.29 is 0 Å². The number of para-hydroxylation sites is 4. The first-order valence-corrected chi connectivity index (χ1v) is 30.5. The van der Waals surface area contributed by atoms with E-state index in [1.54, 1.807) is 0 Å². The van der Waals surface area contributed by atoms with Crippen LogP contribution >= 0.6 is 22.7 Å². The maximum atomic E-state index is 2.61. The summed E-state index contributed by atoms with van der Waals surface area (Å²) in [7, 11) is 0. The molecule has 5 heterocycles. The zero-order chi connectivity index (χ0) is 55.0. The highest BCUT2D eigenvalue weighted by Crippen LogP contribution is 2.51. The number of fused-ring (bicyclic) bond motifs is 13. The Labute approximate surface area is 494 Å². The Morgan fingerprint density at radius 1 is 0.262 bits per heavy atom. The standard InChI is InChI=1S/C78H48BN3S2/c1-3-21-49(22-4-1)54-25-7-13-33-64(54)81-68-43-41-51(56-31-19-39-74-76(56)60-29-11-17-37-72(60)83-74)45-62(68)79-63-46-52(57-32-20-40-75-77(57)61-30-12-18-38-73(61)84-75)42-44-69(63)82(65-34-14-8-26-55(65)50-23-5-2-6-24-50)71-48-53(47-70(81)78(71)79)80-66-35-15-9-27-58(66)59-28-10-16-36-67(59)80/h1-48H. The van der Waals surface area contributed by atoms with Crippen LogP contribution in [0.15, 0.2) is 291 Å². The van der Waals surface area contributed by atoms with Gasteiger partial charge in [0.1, 0.15) is 0 Å². The van der Waals surface area contributed by atoms with Gasteiger partial charge in [-0.1, -0.05) is 218 Å². The largest absolute Gasteiger partial charge is 0.311 e. The molecule has 2 aliphatic rings. The van der Waals surface area contributed by atoms with Gasteiger partial charge < -0.3 is 14.4 Å². The van der Waals surface area contributed by atoms with Gasteiger partial charge >= 0.3 is 0 Å². The Hall–Kier alpha value is -10.2. The third-order valence-electron chi connectivity index (χ3n) is 17.8. The van der Waals surface area contributed by atoms with E-state index in [0.29, 0.717) is 0 Å². The summed E-state index contributed by atoms with van der Waals surface area (Å²) in [6, 6.07) is 109. The first-order chi connectivity index (χ1) is 41.7. The van der Waals surface area contributed by atoms with Crippen LogP contribution in [-0.4, -0.2) is 11.3 Å². The van der Waals surface area contributed by atoms with E-state index in [2.05, 4.69) is 306 Å². The van der Waals surface area contributed by atoms with Crippen molar-refractivity contribution in [3.05, 3.63) is 291 Å². The van der Waals surface area contributed by atoms with Gasteiger partial charge in [-0.25, -0.2) is 0 Å². The van der Waals surface area contributed by atoms with Crippen LogP contribution in [0.3, 0.4) is 0 Å². The van der Waals surface area contributed by atoms with E-state index in [0.717, 1.165) is 50.9 Å². The molecular weight excluding hydrogens is 1050 g/mol. The first kappa shape index (κ1) is 47.4. The van der Waals surface area contributed by atoms with Gasteiger partial charge in [-0.3, -0.25) is 0 Å². The fourth-order valence-electron chi connectivity index (χ4n) is 14.3. The van der Waals surface area contributed by atoms with Gasteiger partial charge in [-0.2, -0.15) is 0 Å². The SMILES string of the molecule is c1ccc(-c2ccccc2N2c3ccc(-c4cccc5sc6ccccc6c45)cc3B3c4cc(-c5cccc6sc7ccccc7c56)ccc4N(c4ccccc4-c4ccccc4)c4cc(-n5c6ccccc6c6ccccc65)cc2c43)cc1. The molecule has 0 saturated heterocycles. The van der Waals surface area contributed by atoms with Crippen molar-refractivity contribution in [2.45, 2.75) is 0 Å². The molecule has 2 aliphatic heterocycles. The first-order valence-electron chi connectivity index (χ1n) is 28.8. The summed E-state index contributed by atoms with van der Waals surface area (Å²) in [5.41, 5.74) is 23.6. The van der Waals surface area contributed by atoms with Gasteiger partial charge in [0.25, 0.3) is 6.71 Å². The number of hydrogen-bond acceptors (Lipinski definition) is 4. The summed E-state index contributed by atoms with van der Waals surface area (Å²) in [5, 5.41) is 7.67. The number of aromatic nitrogens is 1. The molecule has 0 spiro atoms. The molecular formula is C78H48BN3S2. The second-order valence-electron chi connectivity index (χ2n) is 22.2. The van der Waals surface area contributed by atoms with Crippen molar-refractivity contribution in [1.29, 1.82) is 0 Å². The molecule has 0 bridgehead atoms. The van der Waals surface area contributed by atoms with Gasteiger partial charge in [0, 0.05) is 85.0 Å². The number of thiophene rings is 2. The average molecular weight is 1100 g/mol. The molecule has 390 valence electrons. The van der Waals surface area contributed by atoms with Crippen LogP contribution in [0.5, 0.6) is 0 Å². The van der Waals surface area contributed by atoms with Crippen molar-refractivity contribution in [1.82, 2.24) is 4.57 Å². The summed E-state index contributed by atoms with van der Waals surface area (Å²) in [5.74, 6) is 0. The maximum absolute atomic E-state index is 2.61. The van der Waals surface area contributed by atoms with E-state index in [4.69, 9.17) is 0 Å². The molecule has 3 nitrogen and oxygen atoms in total. The molecule has 3 aromatic heterocycles. The molecule has 0 N–H and O–H groups in total. The molecule has 0 radical (unpaired) electrons. The molecule has 16 aromatic rings. The van der Waals surface area contributed by atoms with Crippen molar-refractivity contribution in [2.75, 3.05) is 9.80 Å². The quantitative estimate of drug-likeness (QED) is 0.147. The van der Waals surface area contributed by atoms with Crippen LogP contribution in [0.4, 0.5) is 34.1 Å². The lowest BCUT2D eigenvalue weighted by Gasteiger charge is -2.45. The van der Waals surface area contributed by atoms with Gasteiger partial charge in [0.05, 0.1) is 28.1 Å². The predicted octanol–water partition coefficient (Wildman–Crippen LogP) is 20.3. The zero-order valence-corrected chi connectivity index (χ0v) is 47.1. The fraction of sp³-hybridized carbons (Fsp3) is 0. The summed E-state index contributed by atoms with van der Waals surface area (Å²) in [6.45, 7) is -0.191. The molecule has 0 fully saturated rings. The average Bonchev–Trinajstić information content (AvgIpc) is 4.07. The van der Waals surface area contributed by atoms with E-state index in [1.807, 2.05) is 22.7 Å². The summed E-state index contributed by atoms with van der Waals surface area (Å²) in [6.07, 6.45) is 0. The molecule has 18 rings (SSSR count). The highest BCUT2D eigenvalue weighted by molar-refractivity contribution is 7.26. The van der Waals surface area contributed by atoms with Crippen molar-refractivity contribution >= 4 is 142 Å². The number of nitrogens with zero attached hydrogens (tertiary/aromatic N) is 3. The van der Waals surface area contributed by atoms with Crippen LogP contribution < -0.4 is 26.2 Å². The Kier molecular flexibility index (Phi) is 10.5. The molecule has 0 saturated carbocycles. The lowest BCUT2D eigenvalue weighted by molar-refractivity contribution is 1.16. The highest BCUT2D eigenvalue weighted by Gasteiger charge is 2.45. The monoisotopic (exact) mass is 1100 g/mol. The summed E-state index contributed by atoms with van der Waals surface area (Å²) < 4.78 is 7.71. The van der Waals surface area contributed by atoms with Crippen molar-refractivity contribution in [2.24, 2.45) is 0 Å². The minimum atomic E-state index is -0.191. The van der Waals surface area contributed by atoms with Crippen molar-refractivity contribution in [3.8, 4) is 50.2 Å². The summed E-state index contributed by atoms with van der Waals surface area (Å²) >= 11 is 3.76. The third-order valence-corrected chi connectivity index (χ3v) is 20.0. The Bertz CT molecular complexity index is 5040. The van der Waals surface area contributed by atoms with Crippen LogP contribution in [0.1, 0.15) is 0 Å². The topological polar surface area (TPSA) is 11.4 Å². The molecule has 0 unspecified atom stereocenters.